The molecule has 1 N–H and O–H groups in total. The first-order valence-corrected chi connectivity index (χ1v) is 8.26. The molecule has 0 saturated carbocycles. The van der Waals surface area contributed by atoms with Crippen molar-refractivity contribution in [2.75, 3.05) is 0 Å². The van der Waals surface area contributed by atoms with Crippen LogP contribution < -0.4 is 5.32 Å². The quantitative estimate of drug-likeness (QED) is 0.454. The van der Waals surface area contributed by atoms with Gasteiger partial charge in [0.25, 0.3) is 0 Å². The summed E-state index contributed by atoms with van der Waals surface area (Å²) in [5, 5.41) is 3.08. The summed E-state index contributed by atoms with van der Waals surface area (Å²) < 4.78 is 0. The number of nitrogens with one attached hydrogen (secondary N) is 1. The van der Waals surface area contributed by atoms with Gasteiger partial charge in [-0.3, -0.25) is 4.79 Å². The number of alkyl halides is 1. The standard InChI is InChI=1S/C15H30BrNO/c1-5-6-7-8-9-10-11-12-14(18)17-15(3,4)13(2)16/h13H,5-12H2,1-4H3,(H,17,18). The minimum Gasteiger partial charge on any atom is -0.350 e. The van der Waals surface area contributed by atoms with E-state index in [9.17, 15) is 4.79 Å². The number of carbonyl (C=O) groups excluding carboxylic acids is 1. The molecule has 18 heavy (non-hydrogen) atoms. The molecule has 0 aromatic rings. The first kappa shape index (κ1) is 17.9. The summed E-state index contributed by atoms with van der Waals surface area (Å²) in [5.41, 5.74) is -0.168. The Balaban J connectivity index is 3.54. The molecule has 0 fully saturated rings. The van der Waals surface area contributed by atoms with Crippen LogP contribution in [-0.2, 0) is 4.79 Å². The van der Waals surface area contributed by atoms with Gasteiger partial charge in [0.05, 0.1) is 0 Å². The van der Waals surface area contributed by atoms with Crippen LogP contribution in [0, 0.1) is 0 Å². The molecule has 0 aromatic carbocycles. The van der Waals surface area contributed by atoms with Crippen molar-refractivity contribution < 1.29 is 4.79 Å². The Morgan fingerprint density at radius 3 is 2.11 bits per heavy atom. The first-order valence-electron chi connectivity index (χ1n) is 7.35. The van der Waals surface area contributed by atoms with Gasteiger partial charge in [-0.15, -0.1) is 0 Å². The average molecular weight is 320 g/mol. The maximum atomic E-state index is 11.8. The monoisotopic (exact) mass is 319 g/mol. The van der Waals surface area contributed by atoms with Crippen LogP contribution in [0.1, 0.15) is 79.1 Å². The summed E-state index contributed by atoms with van der Waals surface area (Å²) >= 11 is 3.53. The molecule has 0 radical (unpaired) electrons. The molecule has 0 aliphatic rings. The van der Waals surface area contributed by atoms with Gasteiger partial charge in [0, 0.05) is 16.8 Å². The van der Waals surface area contributed by atoms with Crippen molar-refractivity contribution in [1.29, 1.82) is 0 Å². The molecule has 0 bridgehead atoms. The van der Waals surface area contributed by atoms with Gasteiger partial charge in [0.1, 0.15) is 0 Å². The minimum absolute atomic E-state index is 0.168. The predicted octanol–water partition coefficient (Wildman–Crippen LogP) is 4.81. The van der Waals surface area contributed by atoms with Crippen LogP contribution in [0.4, 0.5) is 0 Å². The van der Waals surface area contributed by atoms with E-state index in [4.69, 9.17) is 0 Å². The van der Waals surface area contributed by atoms with E-state index >= 15 is 0 Å². The molecule has 0 heterocycles. The highest BCUT2D eigenvalue weighted by atomic mass is 79.9. The Bertz CT molecular complexity index is 227. The molecule has 108 valence electrons. The molecule has 0 saturated heterocycles. The van der Waals surface area contributed by atoms with Crippen molar-refractivity contribution in [2.45, 2.75) is 89.4 Å². The number of carbonyl (C=O) groups is 1. The zero-order chi connectivity index (χ0) is 14.0. The Labute approximate surface area is 121 Å². The molecular formula is C15H30BrNO. The third-order valence-corrected chi connectivity index (χ3v) is 4.61. The fourth-order valence-electron chi connectivity index (χ4n) is 1.76. The smallest absolute Gasteiger partial charge is 0.220 e. The number of halogens is 1. The van der Waals surface area contributed by atoms with E-state index in [1.807, 2.05) is 0 Å². The van der Waals surface area contributed by atoms with Crippen molar-refractivity contribution >= 4 is 21.8 Å². The third-order valence-electron chi connectivity index (χ3n) is 3.46. The SMILES string of the molecule is CCCCCCCCCC(=O)NC(C)(C)C(C)Br. The molecule has 0 spiro atoms. The summed E-state index contributed by atoms with van der Waals surface area (Å²) in [6.07, 6.45) is 9.44. The van der Waals surface area contributed by atoms with E-state index in [2.05, 4.69) is 48.9 Å². The molecule has 1 unspecified atom stereocenters. The Hall–Kier alpha value is -0.0500. The van der Waals surface area contributed by atoms with E-state index < -0.39 is 0 Å². The molecule has 0 aliphatic carbocycles. The van der Waals surface area contributed by atoms with E-state index in [0.29, 0.717) is 6.42 Å². The summed E-state index contributed by atoms with van der Waals surface area (Å²) in [7, 11) is 0. The van der Waals surface area contributed by atoms with Gasteiger partial charge >= 0.3 is 0 Å². The van der Waals surface area contributed by atoms with Gasteiger partial charge in [-0.25, -0.2) is 0 Å². The summed E-state index contributed by atoms with van der Waals surface area (Å²) in [6.45, 7) is 8.40. The highest BCUT2D eigenvalue weighted by Crippen LogP contribution is 2.17. The lowest BCUT2D eigenvalue weighted by atomic mass is 10.0. The maximum Gasteiger partial charge on any atom is 0.220 e. The van der Waals surface area contributed by atoms with Gasteiger partial charge < -0.3 is 5.32 Å². The topological polar surface area (TPSA) is 29.1 Å². The number of unbranched alkanes of at least 4 members (excludes halogenated alkanes) is 6. The predicted molar refractivity (Wildman–Crippen MR) is 83.2 cm³/mol. The van der Waals surface area contributed by atoms with Crippen molar-refractivity contribution in [3.63, 3.8) is 0 Å². The van der Waals surface area contributed by atoms with E-state index in [1.165, 1.54) is 38.5 Å². The Morgan fingerprint density at radius 2 is 1.61 bits per heavy atom. The second kappa shape index (κ2) is 9.82. The van der Waals surface area contributed by atoms with E-state index in [0.717, 1.165) is 6.42 Å². The Kier molecular flexibility index (Phi) is 9.80. The average Bonchev–Trinajstić information content (AvgIpc) is 2.27. The van der Waals surface area contributed by atoms with Gasteiger partial charge in [-0.05, 0) is 20.3 Å². The first-order chi connectivity index (χ1) is 8.40. The van der Waals surface area contributed by atoms with Crippen LogP contribution >= 0.6 is 15.9 Å². The van der Waals surface area contributed by atoms with Crippen molar-refractivity contribution in [1.82, 2.24) is 5.32 Å². The van der Waals surface area contributed by atoms with Crippen molar-refractivity contribution in [2.24, 2.45) is 0 Å². The lowest BCUT2D eigenvalue weighted by Crippen LogP contribution is -2.48. The summed E-state index contributed by atoms with van der Waals surface area (Å²) in [6, 6.07) is 0. The zero-order valence-corrected chi connectivity index (χ0v) is 14.1. The third kappa shape index (κ3) is 8.96. The molecular weight excluding hydrogens is 290 g/mol. The lowest BCUT2D eigenvalue weighted by molar-refractivity contribution is -0.122. The van der Waals surface area contributed by atoms with E-state index in [1.54, 1.807) is 0 Å². The van der Waals surface area contributed by atoms with Gasteiger partial charge in [0.15, 0.2) is 0 Å². The molecule has 0 aromatic heterocycles. The Morgan fingerprint density at radius 1 is 1.11 bits per heavy atom. The highest BCUT2D eigenvalue weighted by Gasteiger charge is 2.25. The normalized spacial score (nSPS) is 13.4. The van der Waals surface area contributed by atoms with Crippen LogP contribution in [0.15, 0.2) is 0 Å². The second-order valence-electron chi connectivity index (χ2n) is 5.76. The van der Waals surface area contributed by atoms with Crippen molar-refractivity contribution in [3.05, 3.63) is 0 Å². The molecule has 0 aliphatic heterocycles. The minimum atomic E-state index is -0.168. The van der Waals surface area contributed by atoms with Crippen LogP contribution in [-0.4, -0.2) is 16.3 Å². The van der Waals surface area contributed by atoms with Crippen LogP contribution in [0.25, 0.3) is 0 Å². The van der Waals surface area contributed by atoms with Crippen LogP contribution in [0.3, 0.4) is 0 Å². The highest BCUT2D eigenvalue weighted by molar-refractivity contribution is 9.09. The van der Waals surface area contributed by atoms with Crippen molar-refractivity contribution in [3.8, 4) is 0 Å². The van der Waals surface area contributed by atoms with Crippen LogP contribution in [0.2, 0.25) is 0 Å². The lowest BCUT2D eigenvalue weighted by Gasteiger charge is -2.29. The summed E-state index contributed by atoms with van der Waals surface area (Å²) in [5.74, 6) is 0.180. The maximum absolute atomic E-state index is 11.8. The molecule has 3 heteroatoms. The number of amides is 1. The molecule has 2 nitrogen and oxygen atoms in total. The van der Waals surface area contributed by atoms with Crippen LogP contribution in [0.5, 0.6) is 0 Å². The second-order valence-corrected chi connectivity index (χ2v) is 7.13. The summed E-state index contributed by atoms with van der Waals surface area (Å²) in [4.78, 5) is 12.0. The van der Waals surface area contributed by atoms with E-state index in [-0.39, 0.29) is 16.3 Å². The molecule has 1 atom stereocenters. The number of rotatable bonds is 10. The molecule has 1 amide bonds. The largest absolute Gasteiger partial charge is 0.350 e. The zero-order valence-electron chi connectivity index (χ0n) is 12.5. The number of hydrogen-bond acceptors (Lipinski definition) is 1. The fraction of sp³-hybridized carbons (Fsp3) is 0.933. The molecule has 0 rings (SSSR count). The number of hydrogen-bond donors (Lipinski definition) is 1. The fourth-order valence-corrected chi connectivity index (χ4v) is 1.88. The van der Waals surface area contributed by atoms with Gasteiger partial charge in [-0.1, -0.05) is 68.3 Å². The van der Waals surface area contributed by atoms with Gasteiger partial charge in [0.2, 0.25) is 5.91 Å². The van der Waals surface area contributed by atoms with Gasteiger partial charge in [-0.2, -0.15) is 0 Å².